The quantitative estimate of drug-likeness (QED) is 0.682. The van der Waals surface area contributed by atoms with Crippen LogP contribution in [0.2, 0.25) is 0 Å². The summed E-state index contributed by atoms with van der Waals surface area (Å²) in [4.78, 5) is 16.4. The van der Waals surface area contributed by atoms with Gasteiger partial charge in [-0.25, -0.2) is 4.79 Å². The molecule has 1 N–H and O–H groups in total. The van der Waals surface area contributed by atoms with Crippen LogP contribution in [0.5, 0.6) is 0 Å². The molecular weight excluding hydrogens is 354 g/mol. The van der Waals surface area contributed by atoms with Gasteiger partial charge in [-0.05, 0) is 74.4 Å². The number of aryl methyl sites for hydroxylation is 2. The van der Waals surface area contributed by atoms with Crippen LogP contribution in [0.1, 0.15) is 65.6 Å². The highest BCUT2D eigenvalue weighted by Crippen LogP contribution is 2.31. The van der Waals surface area contributed by atoms with Gasteiger partial charge in [0.25, 0.3) is 0 Å². The number of hydrogen-bond donors (Lipinski definition) is 1. The molecule has 28 heavy (non-hydrogen) atoms. The molecule has 0 radical (unpaired) electrons. The molecule has 0 spiro atoms. The number of methoxy groups -OCH3 is 1. The van der Waals surface area contributed by atoms with Crippen molar-refractivity contribution < 1.29 is 19.4 Å². The van der Waals surface area contributed by atoms with Gasteiger partial charge in [0.05, 0.1) is 17.3 Å². The number of benzene rings is 1. The molecular formula is C23H31NO4. The molecule has 1 aromatic rings. The monoisotopic (exact) mass is 385 g/mol. The van der Waals surface area contributed by atoms with E-state index in [4.69, 9.17) is 14.5 Å². The molecule has 3 rings (SSSR count). The van der Waals surface area contributed by atoms with Crippen LogP contribution in [0.15, 0.2) is 29.0 Å². The fraction of sp³-hybridized carbons (Fsp3) is 0.565. The van der Waals surface area contributed by atoms with Crippen LogP contribution in [0.3, 0.4) is 0 Å². The molecule has 1 saturated carbocycles. The van der Waals surface area contributed by atoms with Gasteiger partial charge < -0.3 is 14.6 Å². The Balaban J connectivity index is 1.82. The Morgan fingerprint density at radius 1 is 1.18 bits per heavy atom. The van der Waals surface area contributed by atoms with E-state index in [-0.39, 0.29) is 12.8 Å². The maximum Gasteiger partial charge on any atom is 0.335 e. The molecule has 0 amide bonds. The Kier molecular flexibility index (Phi) is 6.89. The third-order valence-electron chi connectivity index (χ3n) is 5.86. The largest absolute Gasteiger partial charge is 0.478 e. The van der Waals surface area contributed by atoms with Crippen molar-refractivity contribution in [1.29, 1.82) is 0 Å². The first-order valence-corrected chi connectivity index (χ1v) is 10.2. The van der Waals surface area contributed by atoms with E-state index in [1.165, 1.54) is 37.7 Å². The Hall–Kier alpha value is -2.14. The molecule has 1 fully saturated rings. The molecule has 1 heterocycles. The SMILES string of the molecule is COCOC1=CCC(Cc2c(C)cc(C(=O)O)cc2C)N=C1C1CCCCC1. The minimum Gasteiger partial charge on any atom is -0.478 e. The van der Waals surface area contributed by atoms with Gasteiger partial charge in [-0.15, -0.1) is 0 Å². The minimum atomic E-state index is -0.879. The zero-order chi connectivity index (χ0) is 20.1. The fourth-order valence-electron chi connectivity index (χ4n) is 4.40. The fourth-order valence-corrected chi connectivity index (χ4v) is 4.40. The Labute approximate surface area is 167 Å². The lowest BCUT2D eigenvalue weighted by molar-refractivity contribution is 0.0111. The second-order valence-corrected chi connectivity index (χ2v) is 7.96. The van der Waals surface area contributed by atoms with E-state index in [9.17, 15) is 9.90 Å². The summed E-state index contributed by atoms with van der Waals surface area (Å²) in [5, 5.41) is 9.27. The van der Waals surface area contributed by atoms with Crippen LogP contribution in [-0.4, -0.2) is 36.7 Å². The van der Waals surface area contributed by atoms with Crippen molar-refractivity contribution in [3.8, 4) is 0 Å². The van der Waals surface area contributed by atoms with Crippen molar-refractivity contribution >= 4 is 11.7 Å². The smallest absolute Gasteiger partial charge is 0.335 e. The van der Waals surface area contributed by atoms with E-state index in [2.05, 4.69) is 6.08 Å². The van der Waals surface area contributed by atoms with Crippen LogP contribution in [0, 0.1) is 19.8 Å². The van der Waals surface area contributed by atoms with Gasteiger partial charge >= 0.3 is 5.97 Å². The van der Waals surface area contributed by atoms with Crippen LogP contribution < -0.4 is 0 Å². The zero-order valence-corrected chi connectivity index (χ0v) is 17.2. The maximum absolute atomic E-state index is 11.3. The Morgan fingerprint density at radius 3 is 2.46 bits per heavy atom. The zero-order valence-electron chi connectivity index (χ0n) is 17.2. The number of nitrogens with zero attached hydrogens (tertiary/aromatic N) is 1. The van der Waals surface area contributed by atoms with Crippen LogP contribution in [0.25, 0.3) is 0 Å². The highest BCUT2D eigenvalue weighted by Gasteiger charge is 2.27. The normalized spacial score (nSPS) is 20.5. The lowest BCUT2D eigenvalue weighted by Crippen LogP contribution is -2.27. The molecule has 5 nitrogen and oxygen atoms in total. The van der Waals surface area contributed by atoms with Gasteiger partial charge in [0.15, 0.2) is 6.79 Å². The first-order valence-electron chi connectivity index (χ1n) is 10.2. The Morgan fingerprint density at radius 2 is 1.86 bits per heavy atom. The topological polar surface area (TPSA) is 68.1 Å². The van der Waals surface area contributed by atoms with Gasteiger partial charge in [-0.1, -0.05) is 19.3 Å². The average Bonchev–Trinajstić information content (AvgIpc) is 2.70. The third kappa shape index (κ3) is 4.82. The predicted molar refractivity (Wildman–Crippen MR) is 110 cm³/mol. The van der Waals surface area contributed by atoms with E-state index < -0.39 is 5.97 Å². The Bertz CT molecular complexity index is 752. The molecule has 1 aliphatic heterocycles. The molecule has 0 saturated heterocycles. The number of carboxylic acids is 1. The number of hydrogen-bond acceptors (Lipinski definition) is 4. The first kappa shape index (κ1) is 20.6. The van der Waals surface area contributed by atoms with Gasteiger partial charge in [-0.3, -0.25) is 4.99 Å². The maximum atomic E-state index is 11.3. The molecule has 1 aromatic carbocycles. The number of aliphatic imine (C=N–C) groups is 1. The second kappa shape index (κ2) is 9.37. The molecule has 0 aromatic heterocycles. The molecule has 1 atom stereocenters. The summed E-state index contributed by atoms with van der Waals surface area (Å²) in [6, 6.07) is 3.70. The summed E-state index contributed by atoms with van der Waals surface area (Å²) in [7, 11) is 1.63. The standard InChI is InChI=1S/C23H31NO4/c1-15-11-18(23(25)26)12-16(2)20(15)13-19-9-10-21(28-14-27-3)22(24-19)17-7-5-4-6-8-17/h10-12,17,19H,4-9,13-14H2,1-3H3,(H,25,26). The number of allylic oxidation sites excluding steroid dienone is 1. The van der Waals surface area contributed by atoms with E-state index in [0.29, 0.717) is 11.5 Å². The number of rotatable bonds is 7. The van der Waals surface area contributed by atoms with Crippen molar-refractivity contribution in [3.63, 3.8) is 0 Å². The van der Waals surface area contributed by atoms with Crippen molar-refractivity contribution in [1.82, 2.24) is 0 Å². The summed E-state index contributed by atoms with van der Waals surface area (Å²) in [5.41, 5.74) is 4.71. The van der Waals surface area contributed by atoms with E-state index >= 15 is 0 Å². The van der Waals surface area contributed by atoms with Gasteiger partial charge in [0, 0.05) is 13.0 Å². The highest BCUT2D eigenvalue weighted by molar-refractivity contribution is 6.01. The van der Waals surface area contributed by atoms with E-state index in [0.717, 1.165) is 35.4 Å². The summed E-state index contributed by atoms with van der Waals surface area (Å²) < 4.78 is 10.9. The summed E-state index contributed by atoms with van der Waals surface area (Å²) in [6.07, 6.45) is 9.96. The molecule has 2 aliphatic rings. The summed E-state index contributed by atoms with van der Waals surface area (Å²) in [5.74, 6) is 0.479. The van der Waals surface area contributed by atoms with E-state index in [1.807, 2.05) is 13.8 Å². The highest BCUT2D eigenvalue weighted by atomic mass is 16.7. The minimum absolute atomic E-state index is 0.167. The van der Waals surface area contributed by atoms with Crippen molar-refractivity contribution in [3.05, 3.63) is 46.2 Å². The molecule has 152 valence electrons. The summed E-state index contributed by atoms with van der Waals surface area (Å²) >= 11 is 0. The van der Waals surface area contributed by atoms with Crippen molar-refractivity contribution in [2.24, 2.45) is 10.9 Å². The number of ether oxygens (including phenoxy) is 2. The number of carboxylic acid groups (broad SMARTS) is 1. The van der Waals surface area contributed by atoms with Crippen molar-refractivity contribution in [2.45, 2.75) is 64.8 Å². The number of dihydropyridines is 1. The molecule has 1 aliphatic carbocycles. The third-order valence-corrected chi connectivity index (χ3v) is 5.86. The van der Waals surface area contributed by atoms with E-state index in [1.54, 1.807) is 19.2 Å². The molecule has 5 heteroatoms. The lowest BCUT2D eigenvalue weighted by atomic mass is 9.83. The van der Waals surface area contributed by atoms with Gasteiger partial charge in [0.1, 0.15) is 5.76 Å². The molecule has 1 unspecified atom stereocenters. The second-order valence-electron chi connectivity index (χ2n) is 7.96. The first-order chi connectivity index (χ1) is 13.5. The van der Waals surface area contributed by atoms with Crippen LogP contribution in [0.4, 0.5) is 0 Å². The number of carbonyl (C=O) groups is 1. The predicted octanol–water partition coefficient (Wildman–Crippen LogP) is 4.84. The van der Waals surface area contributed by atoms with Crippen LogP contribution >= 0.6 is 0 Å². The number of aromatic carboxylic acids is 1. The average molecular weight is 386 g/mol. The van der Waals surface area contributed by atoms with Gasteiger partial charge in [-0.2, -0.15) is 0 Å². The molecule has 0 bridgehead atoms. The van der Waals surface area contributed by atoms with Crippen molar-refractivity contribution in [2.75, 3.05) is 13.9 Å². The van der Waals surface area contributed by atoms with Crippen LogP contribution in [-0.2, 0) is 15.9 Å². The summed E-state index contributed by atoms with van der Waals surface area (Å²) in [6.45, 7) is 4.23. The van der Waals surface area contributed by atoms with Gasteiger partial charge in [0.2, 0.25) is 0 Å². The lowest BCUT2D eigenvalue weighted by Gasteiger charge is -2.29.